The van der Waals surface area contributed by atoms with Crippen molar-refractivity contribution in [3.05, 3.63) is 48.0 Å². The van der Waals surface area contributed by atoms with Gasteiger partial charge in [0.25, 0.3) is 5.91 Å². The van der Waals surface area contributed by atoms with Crippen LogP contribution in [-0.4, -0.2) is 38.1 Å². The Labute approximate surface area is 173 Å². The Morgan fingerprint density at radius 3 is 2.26 bits per heavy atom. The number of carbonyl (C=O) groups excluding carboxylic acids is 3. The Hall–Kier alpha value is -1.56. The summed E-state index contributed by atoms with van der Waals surface area (Å²) in [5.74, 6) is -1.72. The maximum Gasteiger partial charge on any atom is 0.417 e. The summed E-state index contributed by atoms with van der Waals surface area (Å²) in [4.78, 5) is 38.2. The van der Waals surface area contributed by atoms with Crippen LogP contribution in [0.2, 0.25) is 0 Å². The van der Waals surface area contributed by atoms with Gasteiger partial charge < -0.3 is 4.74 Å². The molecular formula is C19H20Cl3NO4. The van der Waals surface area contributed by atoms with Crippen molar-refractivity contribution in [2.24, 2.45) is 0 Å². The highest BCUT2D eigenvalue weighted by Crippen LogP contribution is 2.37. The molecule has 0 saturated carbocycles. The minimum atomic E-state index is -2.09. The van der Waals surface area contributed by atoms with Gasteiger partial charge in [-0.1, -0.05) is 71.2 Å². The van der Waals surface area contributed by atoms with Crippen molar-refractivity contribution in [3.8, 4) is 0 Å². The molecule has 146 valence electrons. The van der Waals surface area contributed by atoms with Crippen LogP contribution in [0.4, 0.5) is 4.79 Å². The number of benzene rings is 1. The van der Waals surface area contributed by atoms with Crippen molar-refractivity contribution in [2.45, 2.75) is 48.5 Å². The van der Waals surface area contributed by atoms with E-state index in [4.69, 9.17) is 39.5 Å². The zero-order chi connectivity index (χ0) is 20.4. The molecule has 2 atom stereocenters. The van der Waals surface area contributed by atoms with E-state index >= 15 is 0 Å². The predicted octanol–water partition coefficient (Wildman–Crippen LogP) is 4.80. The molecule has 27 heavy (non-hydrogen) atoms. The van der Waals surface area contributed by atoms with Crippen LogP contribution in [0.15, 0.2) is 42.5 Å². The summed E-state index contributed by atoms with van der Waals surface area (Å²) in [5.41, 5.74) is -0.0434. The molecular weight excluding hydrogens is 413 g/mol. The molecule has 1 aliphatic rings. The monoisotopic (exact) mass is 431 g/mol. The Morgan fingerprint density at radius 1 is 1.15 bits per heavy atom. The first-order valence-electron chi connectivity index (χ1n) is 8.29. The van der Waals surface area contributed by atoms with Gasteiger partial charge in [-0.15, -0.1) is 0 Å². The molecule has 0 aromatic heterocycles. The van der Waals surface area contributed by atoms with Crippen molar-refractivity contribution in [2.75, 3.05) is 0 Å². The number of amides is 2. The first kappa shape index (κ1) is 21.7. The Balaban J connectivity index is 2.38. The second-order valence-corrected chi connectivity index (χ2v) is 9.46. The maximum absolute atomic E-state index is 12.6. The van der Waals surface area contributed by atoms with Crippen LogP contribution < -0.4 is 0 Å². The number of halogens is 3. The number of ketones is 1. The standard InChI is InChI=1S/C19H20Cl3NO4/c1-18(2,3)27-17(26)23-14(9-10-16(23)25)13(11-15(24)19(20,21)22)12-7-5-4-6-8-12/h4-10,13-14H,11H2,1-3H3/t13-,14+/m1/s1. The predicted molar refractivity (Wildman–Crippen MR) is 105 cm³/mol. The molecule has 8 heteroatoms. The summed E-state index contributed by atoms with van der Waals surface area (Å²) < 4.78 is 3.26. The summed E-state index contributed by atoms with van der Waals surface area (Å²) in [6, 6.07) is 8.26. The topological polar surface area (TPSA) is 63.7 Å². The minimum Gasteiger partial charge on any atom is -0.443 e. The van der Waals surface area contributed by atoms with Gasteiger partial charge in [0.2, 0.25) is 3.79 Å². The van der Waals surface area contributed by atoms with E-state index < -0.39 is 39.1 Å². The molecule has 2 amide bonds. The van der Waals surface area contributed by atoms with Gasteiger partial charge in [0, 0.05) is 18.4 Å². The molecule has 0 unspecified atom stereocenters. The highest BCUT2D eigenvalue weighted by Gasteiger charge is 2.42. The summed E-state index contributed by atoms with van der Waals surface area (Å²) in [5, 5.41) is 0. The van der Waals surface area contributed by atoms with Crippen molar-refractivity contribution in [3.63, 3.8) is 0 Å². The van der Waals surface area contributed by atoms with E-state index in [-0.39, 0.29) is 6.42 Å². The summed E-state index contributed by atoms with van der Waals surface area (Å²) >= 11 is 17.2. The molecule has 0 fully saturated rings. The van der Waals surface area contributed by atoms with Gasteiger partial charge in [0.05, 0.1) is 6.04 Å². The lowest BCUT2D eigenvalue weighted by Crippen LogP contribution is -2.45. The Morgan fingerprint density at radius 2 is 1.74 bits per heavy atom. The van der Waals surface area contributed by atoms with Crippen LogP contribution in [0.25, 0.3) is 0 Å². The van der Waals surface area contributed by atoms with Crippen molar-refractivity contribution in [1.29, 1.82) is 0 Å². The summed E-state index contributed by atoms with van der Waals surface area (Å²) in [7, 11) is 0. The van der Waals surface area contributed by atoms with E-state index in [2.05, 4.69) is 0 Å². The van der Waals surface area contributed by atoms with E-state index in [0.717, 1.165) is 10.5 Å². The molecule has 0 saturated heterocycles. The Bertz CT molecular complexity index is 750. The fourth-order valence-electron chi connectivity index (χ4n) is 2.78. The molecule has 1 heterocycles. The molecule has 2 rings (SSSR count). The molecule has 1 aromatic rings. The number of carbonyl (C=O) groups is 3. The summed E-state index contributed by atoms with van der Waals surface area (Å²) in [6.07, 6.45) is 1.90. The minimum absolute atomic E-state index is 0.165. The molecule has 1 aromatic carbocycles. The first-order valence-corrected chi connectivity index (χ1v) is 9.43. The van der Waals surface area contributed by atoms with Crippen molar-refractivity contribution >= 4 is 52.6 Å². The number of ether oxygens (including phenoxy) is 1. The number of hydrogen-bond donors (Lipinski definition) is 0. The Kier molecular flexibility index (Phi) is 6.61. The van der Waals surface area contributed by atoms with Crippen LogP contribution in [0.1, 0.15) is 38.7 Å². The number of Topliss-reactive ketones (excluding diaryl/α,β-unsaturated/α-hetero) is 1. The molecule has 0 aliphatic carbocycles. The average Bonchev–Trinajstić information content (AvgIpc) is 2.92. The van der Waals surface area contributed by atoms with Crippen LogP contribution in [0.3, 0.4) is 0 Å². The number of hydrogen-bond acceptors (Lipinski definition) is 4. The van der Waals surface area contributed by atoms with Gasteiger partial charge in [0.1, 0.15) is 5.60 Å². The lowest BCUT2D eigenvalue weighted by molar-refractivity contribution is -0.126. The highest BCUT2D eigenvalue weighted by molar-refractivity contribution is 6.76. The van der Waals surface area contributed by atoms with Gasteiger partial charge in [-0.3, -0.25) is 9.59 Å². The molecule has 1 aliphatic heterocycles. The lowest BCUT2D eigenvalue weighted by atomic mass is 9.87. The van der Waals surface area contributed by atoms with Gasteiger partial charge in [-0.25, -0.2) is 9.69 Å². The van der Waals surface area contributed by atoms with Crippen molar-refractivity contribution < 1.29 is 19.1 Å². The van der Waals surface area contributed by atoms with Crippen molar-refractivity contribution in [1.82, 2.24) is 4.90 Å². The first-order chi connectivity index (χ1) is 12.4. The van der Waals surface area contributed by atoms with Gasteiger partial charge in [0.15, 0.2) is 5.78 Å². The zero-order valence-electron chi connectivity index (χ0n) is 15.1. The average molecular weight is 433 g/mol. The van der Waals surface area contributed by atoms with E-state index in [1.54, 1.807) is 51.1 Å². The fourth-order valence-corrected chi connectivity index (χ4v) is 3.01. The second-order valence-electron chi connectivity index (χ2n) is 7.18. The van der Waals surface area contributed by atoms with Crippen LogP contribution >= 0.6 is 34.8 Å². The van der Waals surface area contributed by atoms with Gasteiger partial charge in [-0.2, -0.15) is 0 Å². The molecule has 0 spiro atoms. The third-order valence-corrected chi connectivity index (χ3v) is 4.56. The highest BCUT2D eigenvalue weighted by atomic mass is 35.6. The van der Waals surface area contributed by atoms with Crippen LogP contribution in [0, 0.1) is 0 Å². The number of nitrogens with zero attached hydrogens (tertiary/aromatic N) is 1. The van der Waals surface area contributed by atoms with E-state index in [0.29, 0.717) is 0 Å². The smallest absolute Gasteiger partial charge is 0.417 e. The largest absolute Gasteiger partial charge is 0.443 e. The van der Waals surface area contributed by atoms with E-state index in [1.165, 1.54) is 6.08 Å². The SMILES string of the molecule is CC(C)(C)OC(=O)N1C(=O)C=C[C@H]1[C@H](CC(=O)C(Cl)(Cl)Cl)c1ccccc1. The lowest BCUT2D eigenvalue weighted by Gasteiger charge is -2.32. The molecule has 0 bridgehead atoms. The second kappa shape index (κ2) is 8.21. The molecule has 0 N–H and O–H groups in total. The van der Waals surface area contributed by atoms with E-state index in [1.807, 2.05) is 6.07 Å². The summed E-state index contributed by atoms with van der Waals surface area (Å²) in [6.45, 7) is 5.11. The third-order valence-electron chi connectivity index (χ3n) is 3.92. The van der Waals surface area contributed by atoms with Crippen LogP contribution in [0.5, 0.6) is 0 Å². The normalized spacial score (nSPS) is 18.5. The van der Waals surface area contributed by atoms with E-state index in [9.17, 15) is 14.4 Å². The third kappa shape index (κ3) is 5.71. The zero-order valence-corrected chi connectivity index (χ0v) is 17.4. The quantitative estimate of drug-likeness (QED) is 0.641. The maximum atomic E-state index is 12.6. The molecule has 0 radical (unpaired) electrons. The van der Waals surface area contributed by atoms with Gasteiger partial charge in [-0.05, 0) is 26.3 Å². The van der Waals surface area contributed by atoms with Gasteiger partial charge >= 0.3 is 6.09 Å². The van der Waals surface area contributed by atoms with Crippen LogP contribution in [-0.2, 0) is 14.3 Å². The molecule has 5 nitrogen and oxygen atoms in total. The number of imide groups is 1. The fraction of sp³-hybridized carbons (Fsp3) is 0.421. The number of alkyl halides is 3. The number of rotatable bonds is 4.